The largest absolute Gasteiger partial charge is 0.361 e. The van der Waals surface area contributed by atoms with E-state index in [0.29, 0.717) is 11.8 Å². The molecule has 3 rings (SSSR count). The van der Waals surface area contributed by atoms with Crippen LogP contribution >= 0.6 is 0 Å². The molecular formula is C18H23N. The molecule has 2 atom stereocenters. The molecule has 0 saturated heterocycles. The van der Waals surface area contributed by atoms with Gasteiger partial charge in [0.1, 0.15) is 0 Å². The van der Waals surface area contributed by atoms with Crippen LogP contribution in [0.1, 0.15) is 67.7 Å². The molecule has 0 spiro atoms. The molecular weight excluding hydrogens is 230 g/mol. The molecule has 0 fully saturated rings. The third kappa shape index (κ3) is 1.75. The Labute approximate surface area is 115 Å². The Morgan fingerprint density at radius 1 is 1.26 bits per heavy atom. The number of H-pyrrole nitrogens is 1. The van der Waals surface area contributed by atoms with E-state index in [1.54, 1.807) is 11.1 Å². The van der Waals surface area contributed by atoms with Gasteiger partial charge in [-0.3, -0.25) is 0 Å². The van der Waals surface area contributed by atoms with Gasteiger partial charge in [0.2, 0.25) is 0 Å². The Morgan fingerprint density at radius 2 is 2.00 bits per heavy atom. The fourth-order valence-electron chi connectivity index (χ4n) is 3.86. The van der Waals surface area contributed by atoms with Gasteiger partial charge in [-0.1, -0.05) is 32.9 Å². The molecule has 0 aliphatic heterocycles. The summed E-state index contributed by atoms with van der Waals surface area (Å²) in [5, 5.41) is 1.39. The highest BCUT2D eigenvalue weighted by molar-refractivity contribution is 5.94. The summed E-state index contributed by atoms with van der Waals surface area (Å²) in [7, 11) is 0. The van der Waals surface area contributed by atoms with Crippen molar-refractivity contribution in [3.05, 3.63) is 40.6 Å². The molecule has 1 nitrogen and oxygen atoms in total. The summed E-state index contributed by atoms with van der Waals surface area (Å²) in [5.74, 6) is 1.36. The number of hydrogen-bond donors (Lipinski definition) is 1. The van der Waals surface area contributed by atoms with Gasteiger partial charge in [-0.25, -0.2) is 0 Å². The number of fused-ring (bicyclic) bond motifs is 3. The number of rotatable bonds is 2. The van der Waals surface area contributed by atoms with E-state index < -0.39 is 0 Å². The molecule has 0 amide bonds. The Bertz CT molecular complexity index is 645. The normalized spacial score (nSPS) is 22.5. The molecule has 1 aliphatic rings. The van der Waals surface area contributed by atoms with Gasteiger partial charge in [-0.15, -0.1) is 0 Å². The Hall–Kier alpha value is -1.50. The lowest BCUT2D eigenvalue weighted by Gasteiger charge is -2.15. The molecule has 0 saturated carbocycles. The van der Waals surface area contributed by atoms with Gasteiger partial charge < -0.3 is 4.98 Å². The quantitative estimate of drug-likeness (QED) is 0.726. The number of hydrogen-bond acceptors (Lipinski definition) is 0. The molecule has 1 N–H and O–H groups in total. The average molecular weight is 253 g/mol. The zero-order valence-electron chi connectivity index (χ0n) is 12.4. The van der Waals surface area contributed by atoms with Gasteiger partial charge in [0.05, 0.1) is 0 Å². The molecule has 2 aromatic rings. The van der Waals surface area contributed by atoms with E-state index in [4.69, 9.17) is 0 Å². The number of aromatic amines is 1. The molecule has 19 heavy (non-hydrogen) atoms. The van der Waals surface area contributed by atoms with Crippen molar-refractivity contribution in [2.24, 2.45) is 0 Å². The number of benzene rings is 1. The average Bonchev–Trinajstić information content (AvgIpc) is 2.94. The van der Waals surface area contributed by atoms with E-state index in [-0.39, 0.29) is 0 Å². The van der Waals surface area contributed by atoms with Gasteiger partial charge in [0.25, 0.3) is 0 Å². The van der Waals surface area contributed by atoms with Crippen molar-refractivity contribution in [1.29, 1.82) is 0 Å². The predicted molar refractivity (Wildman–Crippen MR) is 83.8 cm³/mol. The lowest BCUT2D eigenvalue weighted by molar-refractivity contribution is 0.661. The van der Waals surface area contributed by atoms with Crippen molar-refractivity contribution >= 4 is 17.0 Å². The molecule has 100 valence electrons. The second kappa shape index (κ2) is 4.56. The first-order valence-corrected chi connectivity index (χ1v) is 7.45. The highest BCUT2D eigenvalue weighted by atomic mass is 14.7. The number of aromatic nitrogens is 1. The van der Waals surface area contributed by atoms with Crippen LogP contribution in [0.25, 0.3) is 17.0 Å². The SMILES string of the molecule is CC/C=C/c1c(C)c2c(c3[nH]ccc13)[C@H](C)C[C@@H]2C. The fourth-order valence-corrected chi connectivity index (χ4v) is 3.86. The van der Waals surface area contributed by atoms with Gasteiger partial charge in [0, 0.05) is 17.1 Å². The van der Waals surface area contributed by atoms with Gasteiger partial charge in [-0.05, 0) is 59.9 Å². The van der Waals surface area contributed by atoms with Crippen LogP contribution in [0.3, 0.4) is 0 Å². The van der Waals surface area contributed by atoms with E-state index in [9.17, 15) is 0 Å². The van der Waals surface area contributed by atoms with Crippen LogP contribution in [0.2, 0.25) is 0 Å². The first-order valence-electron chi connectivity index (χ1n) is 7.45. The summed E-state index contributed by atoms with van der Waals surface area (Å²) in [6.45, 7) is 9.23. The van der Waals surface area contributed by atoms with Crippen LogP contribution in [-0.4, -0.2) is 4.98 Å². The van der Waals surface area contributed by atoms with E-state index in [1.165, 1.54) is 28.5 Å². The lowest BCUT2D eigenvalue weighted by atomic mass is 9.90. The van der Waals surface area contributed by atoms with Crippen molar-refractivity contribution in [1.82, 2.24) is 4.98 Å². The molecule has 1 heteroatoms. The highest BCUT2D eigenvalue weighted by Crippen LogP contribution is 2.47. The summed E-state index contributed by atoms with van der Waals surface area (Å²) in [5.41, 5.74) is 7.44. The van der Waals surface area contributed by atoms with Crippen LogP contribution in [0.5, 0.6) is 0 Å². The standard InChI is InChI=1S/C18H23N/c1-5-6-7-14-13(4)16-11(2)10-12(3)17(16)18-15(14)8-9-19-18/h6-9,11-12,19H,5,10H2,1-4H3/b7-6+/t11-,12+/m0/s1. The highest BCUT2D eigenvalue weighted by Gasteiger charge is 2.30. The third-order valence-electron chi connectivity index (χ3n) is 4.62. The second-order valence-electron chi connectivity index (χ2n) is 5.98. The Balaban J connectivity index is 2.37. The van der Waals surface area contributed by atoms with Crippen molar-refractivity contribution in [3.63, 3.8) is 0 Å². The minimum Gasteiger partial charge on any atom is -0.361 e. The Kier molecular flexibility index (Phi) is 3.00. The van der Waals surface area contributed by atoms with Crippen molar-refractivity contribution in [3.8, 4) is 0 Å². The second-order valence-corrected chi connectivity index (χ2v) is 5.98. The summed E-state index contributed by atoms with van der Waals surface area (Å²) in [6.07, 6.45) is 9.04. The van der Waals surface area contributed by atoms with E-state index in [1.807, 2.05) is 0 Å². The number of nitrogens with one attached hydrogen (secondary N) is 1. The smallest absolute Gasteiger partial charge is 0.0498 e. The van der Waals surface area contributed by atoms with Crippen LogP contribution < -0.4 is 0 Å². The van der Waals surface area contributed by atoms with E-state index in [0.717, 1.165) is 6.42 Å². The van der Waals surface area contributed by atoms with Crippen LogP contribution in [0, 0.1) is 6.92 Å². The van der Waals surface area contributed by atoms with Gasteiger partial charge >= 0.3 is 0 Å². The minimum atomic E-state index is 0.675. The number of allylic oxidation sites excluding steroid dienone is 1. The topological polar surface area (TPSA) is 15.8 Å². The maximum atomic E-state index is 3.48. The van der Waals surface area contributed by atoms with Crippen LogP contribution in [0.4, 0.5) is 0 Å². The third-order valence-corrected chi connectivity index (χ3v) is 4.62. The van der Waals surface area contributed by atoms with Crippen molar-refractivity contribution < 1.29 is 0 Å². The van der Waals surface area contributed by atoms with Crippen LogP contribution in [-0.2, 0) is 0 Å². The monoisotopic (exact) mass is 253 g/mol. The molecule has 0 unspecified atom stereocenters. The first-order chi connectivity index (χ1) is 9.15. The molecule has 1 aromatic heterocycles. The predicted octanol–water partition coefficient (Wildman–Crippen LogP) is 5.51. The molecule has 1 aliphatic carbocycles. The molecule has 0 radical (unpaired) electrons. The maximum absolute atomic E-state index is 3.48. The van der Waals surface area contributed by atoms with Crippen molar-refractivity contribution in [2.45, 2.75) is 52.4 Å². The molecule has 1 heterocycles. The lowest BCUT2D eigenvalue weighted by Crippen LogP contribution is -1.97. The summed E-state index contributed by atoms with van der Waals surface area (Å²) in [6, 6.07) is 2.23. The van der Waals surface area contributed by atoms with Gasteiger partial charge in [0.15, 0.2) is 0 Å². The van der Waals surface area contributed by atoms with Gasteiger partial charge in [-0.2, -0.15) is 0 Å². The van der Waals surface area contributed by atoms with Crippen molar-refractivity contribution in [2.75, 3.05) is 0 Å². The van der Waals surface area contributed by atoms with Crippen LogP contribution in [0.15, 0.2) is 18.3 Å². The van der Waals surface area contributed by atoms with E-state index >= 15 is 0 Å². The summed E-state index contributed by atoms with van der Waals surface area (Å²) >= 11 is 0. The first kappa shape index (κ1) is 12.5. The Morgan fingerprint density at radius 3 is 2.74 bits per heavy atom. The zero-order valence-corrected chi connectivity index (χ0v) is 12.4. The maximum Gasteiger partial charge on any atom is 0.0498 e. The fraction of sp³-hybridized carbons (Fsp3) is 0.444. The zero-order chi connectivity index (χ0) is 13.6. The molecule has 1 aromatic carbocycles. The summed E-state index contributed by atoms with van der Waals surface area (Å²) in [4.78, 5) is 3.48. The molecule has 0 bridgehead atoms. The van der Waals surface area contributed by atoms with E-state index in [2.05, 4.69) is 57.1 Å². The minimum absolute atomic E-state index is 0.675. The summed E-state index contributed by atoms with van der Waals surface area (Å²) < 4.78 is 0.